The lowest BCUT2D eigenvalue weighted by atomic mass is 10.0. The first-order valence-corrected chi connectivity index (χ1v) is 9.02. The molecule has 1 N–H and O–H groups in total. The second-order valence-electron chi connectivity index (χ2n) is 7.12. The van der Waals surface area contributed by atoms with Gasteiger partial charge in [0.25, 0.3) is 5.91 Å². The third-order valence-electron chi connectivity index (χ3n) is 5.02. The number of nitrogens with zero attached hydrogens (tertiary/aromatic N) is 4. The van der Waals surface area contributed by atoms with Gasteiger partial charge in [-0.25, -0.2) is 9.37 Å². The Kier molecular flexibility index (Phi) is 5.70. The van der Waals surface area contributed by atoms with Gasteiger partial charge in [0.05, 0.1) is 6.54 Å². The number of alkyl halides is 1. The zero-order chi connectivity index (χ0) is 18.7. The predicted octanol–water partition coefficient (Wildman–Crippen LogP) is 0.522. The molecule has 0 aliphatic carbocycles. The highest BCUT2D eigenvalue weighted by Gasteiger charge is 2.29. The summed E-state index contributed by atoms with van der Waals surface area (Å²) in [5.41, 5.74) is 0.504. The molecule has 0 radical (unpaired) electrons. The molecule has 8 heteroatoms. The normalized spacial score (nSPS) is 24.4. The Morgan fingerprint density at radius 2 is 1.96 bits per heavy atom. The summed E-state index contributed by atoms with van der Waals surface area (Å²) in [7, 11) is 2.08. The summed E-state index contributed by atoms with van der Waals surface area (Å²) < 4.78 is 13.9. The van der Waals surface area contributed by atoms with E-state index in [1.807, 2.05) is 0 Å². The molecular weight excluding hydrogens is 337 g/mol. The number of nitrogens with one attached hydrogen (secondary N) is 1. The van der Waals surface area contributed by atoms with E-state index >= 15 is 0 Å². The molecule has 2 aliphatic heterocycles. The molecule has 2 amide bonds. The first-order valence-electron chi connectivity index (χ1n) is 9.02. The van der Waals surface area contributed by atoms with Crippen molar-refractivity contribution in [2.45, 2.75) is 25.6 Å². The quantitative estimate of drug-likeness (QED) is 0.848. The van der Waals surface area contributed by atoms with Crippen LogP contribution in [0.3, 0.4) is 0 Å². The Bertz CT molecular complexity index is 663. The van der Waals surface area contributed by atoms with Gasteiger partial charge in [-0.1, -0.05) is 0 Å². The van der Waals surface area contributed by atoms with Crippen LogP contribution in [0.2, 0.25) is 0 Å². The molecule has 142 valence electrons. The lowest BCUT2D eigenvalue weighted by Gasteiger charge is -2.34. The lowest BCUT2D eigenvalue weighted by molar-refractivity contribution is -0.131. The van der Waals surface area contributed by atoms with Crippen LogP contribution in [0.15, 0.2) is 18.3 Å². The predicted molar refractivity (Wildman–Crippen MR) is 97.0 cm³/mol. The third kappa shape index (κ3) is 4.49. The zero-order valence-electron chi connectivity index (χ0n) is 15.3. The fourth-order valence-corrected chi connectivity index (χ4v) is 3.44. The molecule has 0 saturated carbocycles. The van der Waals surface area contributed by atoms with Crippen molar-refractivity contribution in [1.82, 2.24) is 20.1 Å². The molecule has 1 aromatic heterocycles. The molecule has 2 aliphatic rings. The van der Waals surface area contributed by atoms with Crippen LogP contribution < -0.4 is 10.2 Å². The minimum atomic E-state index is -1.11. The molecule has 3 heterocycles. The first-order chi connectivity index (χ1) is 12.4. The summed E-state index contributed by atoms with van der Waals surface area (Å²) in [6.45, 7) is 5.52. The summed E-state index contributed by atoms with van der Waals surface area (Å²) >= 11 is 0. The number of rotatable bonds is 3. The van der Waals surface area contributed by atoms with E-state index in [4.69, 9.17) is 0 Å². The average molecular weight is 363 g/mol. The summed E-state index contributed by atoms with van der Waals surface area (Å²) in [5, 5.41) is 2.86. The van der Waals surface area contributed by atoms with Gasteiger partial charge in [-0.3, -0.25) is 9.59 Å². The van der Waals surface area contributed by atoms with E-state index in [1.165, 1.54) is 11.8 Å². The van der Waals surface area contributed by atoms with E-state index in [1.54, 1.807) is 18.3 Å². The Morgan fingerprint density at radius 1 is 1.23 bits per heavy atom. The van der Waals surface area contributed by atoms with E-state index in [-0.39, 0.29) is 30.8 Å². The van der Waals surface area contributed by atoms with Crippen molar-refractivity contribution >= 4 is 17.6 Å². The Labute approximate surface area is 153 Å². The fraction of sp³-hybridized carbons (Fsp3) is 0.611. The van der Waals surface area contributed by atoms with Crippen LogP contribution in [0.25, 0.3) is 0 Å². The number of likely N-dealkylation sites (N-methyl/N-ethyl adjacent to an activating group) is 1. The van der Waals surface area contributed by atoms with Crippen LogP contribution in [0.1, 0.15) is 23.7 Å². The van der Waals surface area contributed by atoms with Crippen molar-refractivity contribution in [3.8, 4) is 0 Å². The van der Waals surface area contributed by atoms with Crippen molar-refractivity contribution in [3.05, 3.63) is 23.9 Å². The molecular formula is C18H26FN5O2. The van der Waals surface area contributed by atoms with Gasteiger partial charge in [0.15, 0.2) is 0 Å². The molecule has 2 saturated heterocycles. The molecule has 26 heavy (non-hydrogen) atoms. The maximum atomic E-state index is 13.9. The van der Waals surface area contributed by atoms with Gasteiger partial charge in [-0.15, -0.1) is 0 Å². The number of likely N-dealkylation sites (tertiary alicyclic amines) is 1. The van der Waals surface area contributed by atoms with Crippen LogP contribution >= 0.6 is 0 Å². The van der Waals surface area contributed by atoms with Gasteiger partial charge in [0.1, 0.15) is 12.0 Å². The number of carbonyl (C=O) groups excluding carboxylic acids is 2. The fourth-order valence-electron chi connectivity index (χ4n) is 3.44. The highest BCUT2D eigenvalue weighted by atomic mass is 19.1. The Hall–Kier alpha value is -2.22. The monoisotopic (exact) mass is 363 g/mol. The number of hydrogen-bond donors (Lipinski definition) is 1. The number of carbonyl (C=O) groups is 2. The first kappa shape index (κ1) is 18.6. The van der Waals surface area contributed by atoms with Crippen molar-refractivity contribution in [2.75, 3.05) is 51.2 Å². The summed E-state index contributed by atoms with van der Waals surface area (Å²) in [6.07, 6.45) is 0.742. The molecule has 0 spiro atoms. The lowest BCUT2D eigenvalue weighted by Crippen LogP contribution is -2.52. The van der Waals surface area contributed by atoms with Gasteiger partial charge >= 0.3 is 0 Å². The second kappa shape index (κ2) is 7.99. The van der Waals surface area contributed by atoms with Crippen molar-refractivity contribution in [1.29, 1.82) is 0 Å². The van der Waals surface area contributed by atoms with E-state index in [9.17, 15) is 14.0 Å². The molecule has 2 fully saturated rings. The van der Waals surface area contributed by atoms with Crippen molar-refractivity contribution < 1.29 is 14.0 Å². The standard InChI is InChI=1S/C18H26FN5O2/c1-13(25)24-11-15(19)10-16(12-24)21-18(26)14-3-4-20-17(9-14)23-7-5-22(2)6-8-23/h3-4,9,15-16H,5-8,10-12H2,1-2H3,(H,21,26)/t15-,16+/m1/s1. The smallest absolute Gasteiger partial charge is 0.251 e. The molecule has 2 atom stereocenters. The van der Waals surface area contributed by atoms with Gasteiger partial charge in [0, 0.05) is 63.9 Å². The Morgan fingerprint density at radius 3 is 2.65 bits per heavy atom. The van der Waals surface area contributed by atoms with E-state index in [0.717, 1.165) is 32.0 Å². The van der Waals surface area contributed by atoms with E-state index < -0.39 is 6.17 Å². The molecule has 0 aromatic carbocycles. The zero-order valence-corrected chi connectivity index (χ0v) is 15.3. The van der Waals surface area contributed by atoms with Crippen LogP contribution in [0.5, 0.6) is 0 Å². The SMILES string of the molecule is CC(=O)N1C[C@H](F)C[C@H](NC(=O)c2ccnc(N3CCN(C)CC3)c2)C1. The van der Waals surface area contributed by atoms with Gasteiger partial charge in [-0.2, -0.15) is 0 Å². The number of pyridine rings is 1. The summed E-state index contributed by atoms with van der Waals surface area (Å²) in [5.74, 6) is 0.348. The van der Waals surface area contributed by atoms with Crippen molar-refractivity contribution in [3.63, 3.8) is 0 Å². The van der Waals surface area contributed by atoms with Crippen molar-refractivity contribution in [2.24, 2.45) is 0 Å². The van der Waals surface area contributed by atoms with E-state index in [2.05, 4.69) is 27.1 Å². The second-order valence-corrected chi connectivity index (χ2v) is 7.12. The summed E-state index contributed by atoms with van der Waals surface area (Å²) in [6, 6.07) is 3.06. The summed E-state index contributed by atoms with van der Waals surface area (Å²) in [4.78, 5) is 34.3. The number of anilines is 1. The topological polar surface area (TPSA) is 68.8 Å². The number of hydrogen-bond acceptors (Lipinski definition) is 5. The maximum Gasteiger partial charge on any atom is 0.251 e. The molecule has 0 unspecified atom stereocenters. The largest absolute Gasteiger partial charge is 0.354 e. The Balaban J connectivity index is 1.64. The number of halogens is 1. The highest BCUT2D eigenvalue weighted by Crippen LogP contribution is 2.17. The number of aromatic nitrogens is 1. The third-order valence-corrected chi connectivity index (χ3v) is 5.02. The van der Waals surface area contributed by atoms with Gasteiger partial charge < -0.3 is 20.0 Å². The highest BCUT2D eigenvalue weighted by molar-refractivity contribution is 5.95. The minimum Gasteiger partial charge on any atom is -0.354 e. The molecule has 0 bridgehead atoms. The van der Waals surface area contributed by atoms with Gasteiger partial charge in [0.2, 0.25) is 5.91 Å². The number of amides is 2. The van der Waals surface area contributed by atoms with Gasteiger partial charge in [-0.05, 0) is 19.2 Å². The molecule has 3 rings (SSSR count). The van der Waals surface area contributed by atoms with Crippen LogP contribution in [-0.4, -0.2) is 85.1 Å². The van der Waals surface area contributed by atoms with Crippen LogP contribution in [0, 0.1) is 0 Å². The van der Waals surface area contributed by atoms with Crippen LogP contribution in [0.4, 0.5) is 10.2 Å². The number of piperidine rings is 1. The minimum absolute atomic E-state index is 0.102. The molecule has 1 aromatic rings. The maximum absolute atomic E-state index is 13.9. The van der Waals surface area contributed by atoms with E-state index in [0.29, 0.717) is 12.1 Å². The molecule has 7 nitrogen and oxygen atoms in total. The average Bonchev–Trinajstić information content (AvgIpc) is 2.62. The number of piperazine rings is 1. The van der Waals surface area contributed by atoms with Crippen LogP contribution in [-0.2, 0) is 4.79 Å².